The van der Waals surface area contributed by atoms with Crippen LogP contribution in [0.25, 0.3) is 0 Å². The van der Waals surface area contributed by atoms with Crippen LogP contribution in [0.15, 0.2) is 6.33 Å². The van der Waals surface area contributed by atoms with Crippen molar-refractivity contribution in [3.05, 3.63) is 12.2 Å². The summed E-state index contributed by atoms with van der Waals surface area (Å²) in [6.07, 6.45) is 2.10. The van der Waals surface area contributed by atoms with Gasteiger partial charge in [0.1, 0.15) is 18.2 Å². The molecule has 1 aromatic rings. The van der Waals surface area contributed by atoms with Crippen LogP contribution in [0.4, 0.5) is 0 Å². The van der Waals surface area contributed by atoms with Crippen molar-refractivity contribution in [3.8, 4) is 0 Å². The van der Waals surface area contributed by atoms with Crippen LogP contribution in [0.1, 0.15) is 46.0 Å². The Labute approximate surface area is 107 Å². The number of hydrogen-bond donors (Lipinski definition) is 2. The van der Waals surface area contributed by atoms with Gasteiger partial charge < -0.3 is 5.11 Å². The summed E-state index contributed by atoms with van der Waals surface area (Å²) in [6.45, 7) is 8.46. The van der Waals surface area contributed by atoms with Crippen molar-refractivity contribution in [2.45, 2.75) is 52.7 Å². The fourth-order valence-electron chi connectivity index (χ4n) is 1.79. The van der Waals surface area contributed by atoms with Crippen LogP contribution in [0.3, 0.4) is 0 Å². The third-order valence-corrected chi connectivity index (χ3v) is 2.65. The van der Waals surface area contributed by atoms with Crippen LogP contribution in [0.2, 0.25) is 0 Å². The van der Waals surface area contributed by atoms with Crippen molar-refractivity contribution in [2.75, 3.05) is 0 Å². The van der Waals surface area contributed by atoms with Crippen LogP contribution >= 0.6 is 0 Å². The summed E-state index contributed by atoms with van der Waals surface area (Å²) in [5.41, 5.74) is 0. The zero-order valence-corrected chi connectivity index (χ0v) is 11.4. The molecule has 1 heterocycles. The van der Waals surface area contributed by atoms with Crippen molar-refractivity contribution < 1.29 is 9.90 Å². The molecule has 0 saturated heterocycles. The van der Waals surface area contributed by atoms with E-state index >= 15 is 0 Å². The van der Waals surface area contributed by atoms with Gasteiger partial charge in [-0.3, -0.25) is 10.1 Å². The largest absolute Gasteiger partial charge is 0.480 e. The molecule has 102 valence electrons. The Morgan fingerprint density at radius 3 is 2.61 bits per heavy atom. The molecule has 6 heteroatoms. The number of carbonyl (C=O) groups is 1. The molecule has 0 aliphatic rings. The molecule has 1 aromatic heterocycles. The molecule has 0 aliphatic carbocycles. The highest BCUT2D eigenvalue weighted by Crippen LogP contribution is 2.08. The molecular weight excluding hydrogens is 232 g/mol. The highest BCUT2D eigenvalue weighted by molar-refractivity contribution is 5.73. The van der Waals surface area contributed by atoms with Crippen molar-refractivity contribution in [1.29, 1.82) is 0 Å². The highest BCUT2D eigenvalue weighted by atomic mass is 16.4. The van der Waals surface area contributed by atoms with E-state index in [9.17, 15) is 4.79 Å². The second-order valence-electron chi connectivity index (χ2n) is 5.12. The molecule has 1 unspecified atom stereocenters. The molecule has 18 heavy (non-hydrogen) atoms. The molecule has 1 rings (SSSR count). The number of rotatable bonds is 7. The standard InChI is InChI=1S/C12H22N4O2/c1-8(2)5-10(12(17)18)13-6-11-14-7-15-16(11)9(3)4/h7-10,13H,5-6H2,1-4H3,(H,17,18). The zero-order chi connectivity index (χ0) is 13.7. The summed E-state index contributed by atoms with van der Waals surface area (Å²) in [6, 6.07) is -0.319. The quantitative estimate of drug-likeness (QED) is 0.769. The predicted molar refractivity (Wildman–Crippen MR) is 68.1 cm³/mol. The fraction of sp³-hybridized carbons (Fsp3) is 0.750. The van der Waals surface area contributed by atoms with Gasteiger partial charge in [0.25, 0.3) is 0 Å². The number of aromatic nitrogens is 3. The summed E-state index contributed by atoms with van der Waals surface area (Å²) in [7, 11) is 0. The lowest BCUT2D eigenvalue weighted by Gasteiger charge is -2.17. The summed E-state index contributed by atoms with van der Waals surface area (Å²) in [4.78, 5) is 15.3. The van der Waals surface area contributed by atoms with Gasteiger partial charge in [-0.15, -0.1) is 0 Å². The first-order chi connectivity index (χ1) is 8.41. The zero-order valence-electron chi connectivity index (χ0n) is 11.4. The Balaban J connectivity index is 2.61. The number of carboxylic acid groups (broad SMARTS) is 1. The van der Waals surface area contributed by atoms with Crippen LogP contribution < -0.4 is 5.32 Å². The Morgan fingerprint density at radius 2 is 2.11 bits per heavy atom. The fourth-order valence-corrected chi connectivity index (χ4v) is 1.79. The van der Waals surface area contributed by atoms with Gasteiger partial charge >= 0.3 is 5.97 Å². The normalized spacial score (nSPS) is 13.2. The van der Waals surface area contributed by atoms with Crippen LogP contribution in [-0.2, 0) is 11.3 Å². The van der Waals surface area contributed by atoms with E-state index < -0.39 is 12.0 Å². The molecule has 0 radical (unpaired) electrons. The monoisotopic (exact) mass is 254 g/mol. The maximum Gasteiger partial charge on any atom is 0.320 e. The maximum atomic E-state index is 11.1. The van der Waals surface area contributed by atoms with Gasteiger partial charge in [0.15, 0.2) is 0 Å². The molecule has 0 aromatic carbocycles. The minimum atomic E-state index is -0.820. The number of hydrogen-bond acceptors (Lipinski definition) is 4. The number of aliphatic carboxylic acids is 1. The third kappa shape index (κ3) is 4.10. The molecule has 0 aliphatic heterocycles. The molecule has 1 atom stereocenters. The predicted octanol–water partition coefficient (Wildman–Crippen LogP) is 1.45. The van der Waals surface area contributed by atoms with Gasteiger partial charge in [-0.1, -0.05) is 13.8 Å². The first-order valence-electron chi connectivity index (χ1n) is 6.26. The van der Waals surface area contributed by atoms with Gasteiger partial charge in [0.2, 0.25) is 0 Å². The van der Waals surface area contributed by atoms with Crippen LogP contribution in [-0.4, -0.2) is 31.9 Å². The van der Waals surface area contributed by atoms with E-state index in [2.05, 4.69) is 15.4 Å². The van der Waals surface area contributed by atoms with Crippen molar-refractivity contribution in [3.63, 3.8) is 0 Å². The Hall–Kier alpha value is -1.43. The summed E-state index contributed by atoms with van der Waals surface area (Å²) in [5.74, 6) is 0.279. The summed E-state index contributed by atoms with van der Waals surface area (Å²) >= 11 is 0. The minimum absolute atomic E-state index is 0.220. The van der Waals surface area contributed by atoms with E-state index in [1.165, 1.54) is 6.33 Å². The Kier molecular flexibility index (Phi) is 5.27. The lowest BCUT2D eigenvalue weighted by Crippen LogP contribution is -2.38. The van der Waals surface area contributed by atoms with E-state index in [-0.39, 0.29) is 6.04 Å². The van der Waals surface area contributed by atoms with Crippen molar-refractivity contribution in [2.24, 2.45) is 5.92 Å². The Morgan fingerprint density at radius 1 is 1.44 bits per heavy atom. The molecular formula is C12H22N4O2. The summed E-state index contributed by atoms with van der Waals surface area (Å²) < 4.78 is 1.79. The van der Waals surface area contributed by atoms with Gasteiger partial charge in [-0.05, 0) is 26.2 Å². The average Bonchev–Trinajstić information content (AvgIpc) is 2.71. The second-order valence-corrected chi connectivity index (χ2v) is 5.12. The first-order valence-corrected chi connectivity index (χ1v) is 6.26. The van der Waals surface area contributed by atoms with Crippen molar-refractivity contribution in [1.82, 2.24) is 20.1 Å². The van der Waals surface area contributed by atoms with Gasteiger partial charge in [0.05, 0.1) is 6.54 Å². The van der Waals surface area contributed by atoms with Gasteiger partial charge in [0, 0.05) is 6.04 Å². The van der Waals surface area contributed by atoms with Gasteiger partial charge in [-0.2, -0.15) is 5.10 Å². The highest BCUT2D eigenvalue weighted by Gasteiger charge is 2.19. The third-order valence-electron chi connectivity index (χ3n) is 2.65. The van der Waals surface area contributed by atoms with E-state index in [4.69, 9.17) is 5.11 Å². The van der Waals surface area contributed by atoms with Crippen molar-refractivity contribution >= 4 is 5.97 Å². The molecule has 0 fully saturated rings. The van der Waals surface area contributed by atoms with Crippen LogP contribution in [0, 0.1) is 5.92 Å². The van der Waals surface area contributed by atoms with Crippen LogP contribution in [0.5, 0.6) is 0 Å². The molecule has 6 nitrogen and oxygen atoms in total. The number of nitrogens with zero attached hydrogens (tertiary/aromatic N) is 3. The molecule has 0 spiro atoms. The first kappa shape index (κ1) is 14.6. The number of nitrogens with one attached hydrogen (secondary N) is 1. The molecule has 0 bridgehead atoms. The second kappa shape index (κ2) is 6.49. The van der Waals surface area contributed by atoms with E-state index in [0.29, 0.717) is 18.9 Å². The molecule has 0 saturated carbocycles. The smallest absolute Gasteiger partial charge is 0.320 e. The number of carboxylic acids is 1. The van der Waals surface area contributed by atoms with E-state index in [0.717, 1.165) is 5.82 Å². The lowest BCUT2D eigenvalue weighted by atomic mass is 10.0. The van der Waals surface area contributed by atoms with E-state index in [1.54, 1.807) is 4.68 Å². The molecule has 2 N–H and O–H groups in total. The summed E-state index contributed by atoms with van der Waals surface area (Å²) in [5, 5.41) is 16.3. The Bertz CT molecular complexity index is 387. The van der Waals surface area contributed by atoms with E-state index in [1.807, 2.05) is 27.7 Å². The maximum absolute atomic E-state index is 11.1. The lowest BCUT2D eigenvalue weighted by molar-refractivity contribution is -0.140. The SMILES string of the molecule is CC(C)CC(NCc1ncnn1C(C)C)C(=O)O. The topological polar surface area (TPSA) is 80.0 Å². The minimum Gasteiger partial charge on any atom is -0.480 e. The van der Waals surface area contributed by atoms with Gasteiger partial charge in [-0.25, -0.2) is 9.67 Å². The average molecular weight is 254 g/mol. The molecule has 0 amide bonds.